The van der Waals surface area contributed by atoms with Gasteiger partial charge in [0.15, 0.2) is 0 Å². The molecule has 0 N–H and O–H groups in total. The van der Waals surface area contributed by atoms with E-state index in [-0.39, 0.29) is 23.5 Å². The number of alkyl halides is 3. The van der Waals surface area contributed by atoms with Crippen LogP contribution in [0.25, 0.3) is 0 Å². The van der Waals surface area contributed by atoms with Crippen LogP contribution in [0.1, 0.15) is 43.7 Å². The maximum Gasteiger partial charge on any atom is 0.416 e. The van der Waals surface area contributed by atoms with Gasteiger partial charge in [-0.25, -0.2) is 8.42 Å². The van der Waals surface area contributed by atoms with Crippen LogP contribution in [0.5, 0.6) is 0 Å². The van der Waals surface area contributed by atoms with Crippen molar-refractivity contribution in [3.8, 4) is 0 Å². The molecule has 0 saturated carbocycles. The molecular weight excluding hydrogens is 343 g/mol. The van der Waals surface area contributed by atoms with Gasteiger partial charge in [0.25, 0.3) is 0 Å². The summed E-state index contributed by atoms with van der Waals surface area (Å²) in [4.78, 5) is -0.321. The van der Waals surface area contributed by atoms with Crippen LogP contribution in [0.2, 0.25) is 0 Å². The van der Waals surface area contributed by atoms with E-state index in [9.17, 15) is 21.6 Å². The fraction of sp³-hybridized carbons (Fsp3) is 0.625. The van der Waals surface area contributed by atoms with Gasteiger partial charge < -0.3 is 4.74 Å². The third-order valence-electron chi connectivity index (χ3n) is 4.12. The van der Waals surface area contributed by atoms with Crippen LogP contribution in [0.15, 0.2) is 23.1 Å². The van der Waals surface area contributed by atoms with Gasteiger partial charge in [-0.1, -0.05) is 20.3 Å². The summed E-state index contributed by atoms with van der Waals surface area (Å²) in [6.45, 7) is 4.35. The van der Waals surface area contributed by atoms with E-state index >= 15 is 0 Å². The Hall–Kier alpha value is -1.12. The minimum atomic E-state index is -4.59. The smallest absolute Gasteiger partial charge is 0.372 e. The van der Waals surface area contributed by atoms with E-state index in [0.717, 1.165) is 16.8 Å². The zero-order valence-electron chi connectivity index (χ0n) is 13.9. The van der Waals surface area contributed by atoms with Crippen molar-refractivity contribution in [2.24, 2.45) is 0 Å². The van der Waals surface area contributed by atoms with E-state index < -0.39 is 21.8 Å². The molecule has 1 aliphatic heterocycles. The molecule has 8 heteroatoms. The summed E-state index contributed by atoms with van der Waals surface area (Å²) < 4.78 is 70.8. The summed E-state index contributed by atoms with van der Waals surface area (Å²) in [5.41, 5.74) is -0.543. The van der Waals surface area contributed by atoms with E-state index in [1.807, 2.05) is 6.92 Å². The first-order valence-corrected chi connectivity index (χ1v) is 9.29. The third-order valence-corrected chi connectivity index (χ3v) is 5.92. The van der Waals surface area contributed by atoms with Crippen molar-refractivity contribution in [2.45, 2.75) is 49.8 Å². The molecule has 0 aliphatic carbocycles. The molecule has 4 nitrogen and oxygen atoms in total. The second kappa shape index (κ2) is 7.01. The summed E-state index contributed by atoms with van der Waals surface area (Å²) in [6, 6.07) is 3.11. The lowest BCUT2D eigenvalue weighted by molar-refractivity contribution is -0.137. The number of epoxide rings is 1. The quantitative estimate of drug-likeness (QED) is 0.694. The number of hydrogen-bond acceptors (Lipinski definition) is 3. The van der Waals surface area contributed by atoms with Crippen molar-refractivity contribution in [3.63, 3.8) is 0 Å². The molecule has 0 bridgehead atoms. The minimum Gasteiger partial charge on any atom is -0.372 e. The van der Waals surface area contributed by atoms with Gasteiger partial charge in [-0.15, -0.1) is 0 Å². The molecule has 2 atom stereocenters. The highest BCUT2D eigenvalue weighted by Crippen LogP contribution is 2.35. The molecule has 1 unspecified atom stereocenters. The summed E-state index contributed by atoms with van der Waals surface area (Å²) in [5, 5.41) is 0. The Morgan fingerprint density at radius 1 is 1.33 bits per heavy atom. The zero-order valence-corrected chi connectivity index (χ0v) is 14.7. The van der Waals surface area contributed by atoms with E-state index in [1.54, 1.807) is 6.92 Å². The summed E-state index contributed by atoms with van der Waals surface area (Å²) >= 11 is 0. The number of halogens is 3. The molecule has 0 spiro atoms. The number of benzene rings is 1. The minimum absolute atomic E-state index is 0.137. The zero-order chi connectivity index (χ0) is 18.1. The van der Waals surface area contributed by atoms with Crippen LogP contribution in [-0.4, -0.2) is 39.0 Å². The van der Waals surface area contributed by atoms with Gasteiger partial charge in [0.05, 0.1) is 23.2 Å². The van der Waals surface area contributed by atoms with Crippen LogP contribution in [0.4, 0.5) is 13.2 Å². The van der Waals surface area contributed by atoms with E-state index in [2.05, 4.69) is 0 Å². The standard InChI is InChI=1S/C16H22F3NO3S/c1-4-5-11(2)12-6-13(16(17,18)19)8-15(7-12)24(21,22)20(3)9-14-10-23-14/h6-8,11,14H,4-5,9-10H2,1-3H3/t11?,14-/m0/s1. The van der Waals surface area contributed by atoms with Crippen molar-refractivity contribution >= 4 is 10.0 Å². The van der Waals surface area contributed by atoms with Gasteiger partial charge in [0, 0.05) is 13.6 Å². The lowest BCUT2D eigenvalue weighted by Gasteiger charge is -2.20. The summed E-state index contributed by atoms with van der Waals surface area (Å²) in [7, 11) is -2.64. The van der Waals surface area contributed by atoms with Crippen molar-refractivity contribution in [2.75, 3.05) is 20.2 Å². The molecule has 0 amide bonds. The fourth-order valence-corrected chi connectivity index (χ4v) is 3.84. The maximum absolute atomic E-state index is 13.2. The van der Waals surface area contributed by atoms with Crippen LogP contribution in [0.3, 0.4) is 0 Å². The largest absolute Gasteiger partial charge is 0.416 e. The highest BCUT2D eigenvalue weighted by atomic mass is 32.2. The molecule has 1 aromatic carbocycles. The average Bonchev–Trinajstić information content (AvgIpc) is 3.30. The molecule has 1 heterocycles. The predicted octanol–water partition coefficient (Wildman–Crippen LogP) is 3.63. The summed E-state index contributed by atoms with van der Waals surface area (Å²) in [5.74, 6) is -0.150. The van der Waals surface area contributed by atoms with Gasteiger partial charge in [0.1, 0.15) is 0 Å². The summed E-state index contributed by atoms with van der Waals surface area (Å²) in [6.07, 6.45) is -3.27. The first kappa shape index (κ1) is 19.2. The SMILES string of the molecule is CCCC(C)c1cc(C(F)(F)F)cc(S(=O)(=O)N(C)C[C@H]2CO2)c1. The highest BCUT2D eigenvalue weighted by Gasteiger charge is 2.35. The maximum atomic E-state index is 13.2. The normalized spacial score (nSPS) is 19.5. The van der Waals surface area contributed by atoms with E-state index in [1.165, 1.54) is 13.1 Å². The lowest BCUT2D eigenvalue weighted by atomic mass is 9.95. The Morgan fingerprint density at radius 3 is 2.46 bits per heavy atom. The Morgan fingerprint density at radius 2 is 1.96 bits per heavy atom. The van der Waals surface area contributed by atoms with Crippen LogP contribution >= 0.6 is 0 Å². The molecule has 1 fully saturated rings. The number of likely N-dealkylation sites (N-methyl/N-ethyl adjacent to an activating group) is 1. The van der Waals surface area contributed by atoms with Gasteiger partial charge in [-0.05, 0) is 36.1 Å². The molecule has 136 valence electrons. The van der Waals surface area contributed by atoms with Crippen molar-refractivity contribution in [1.29, 1.82) is 0 Å². The fourth-order valence-electron chi connectivity index (χ4n) is 2.56. The Labute approximate surface area is 140 Å². The first-order chi connectivity index (χ1) is 11.1. The number of ether oxygens (including phenoxy) is 1. The Bertz CT molecular complexity index is 684. The number of nitrogens with zero attached hydrogens (tertiary/aromatic N) is 1. The molecule has 2 rings (SSSR count). The molecule has 0 aromatic heterocycles. The van der Waals surface area contributed by atoms with Crippen LogP contribution in [-0.2, 0) is 20.9 Å². The molecule has 0 radical (unpaired) electrons. The average molecular weight is 365 g/mol. The van der Waals surface area contributed by atoms with Crippen LogP contribution < -0.4 is 0 Å². The molecular formula is C16H22F3NO3S. The molecule has 1 aromatic rings. The highest BCUT2D eigenvalue weighted by molar-refractivity contribution is 7.89. The van der Waals surface area contributed by atoms with Crippen molar-refractivity contribution < 1.29 is 26.3 Å². The Balaban J connectivity index is 2.45. The Kier molecular flexibility index (Phi) is 5.61. The van der Waals surface area contributed by atoms with Gasteiger partial charge in [-0.3, -0.25) is 0 Å². The number of rotatable bonds is 7. The van der Waals surface area contributed by atoms with Gasteiger partial charge >= 0.3 is 6.18 Å². The van der Waals surface area contributed by atoms with E-state index in [4.69, 9.17) is 4.74 Å². The topological polar surface area (TPSA) is 49.9 Å². The first-order valence-electron chi connectivity index (χ1n) is 7.85. The van der Waals surface area contributed by atoms with E-state index in [0.29, 0.717) is 24.7 Å². The monoisotopic (exact) mass is 365 g/mol. The van der Waals surface area contributed by atoms with Gasteiger partial charge in [-0.2, -0.15) is 17.5 Å². The second-order valence-corrected chi connectivity index (χ2v) is 8.26. The molecule has 24 heavy (non-hydrogen) atoms. The number of hydrogen-bond donors (Lipinski definition) is 0. The van der Waals surface area contributed by atoms with Crippen molar-refractivity contribution in [3.05, 3.63) is 29.3 Å². The second-order valence-electron chi connectivity index (χ2n) is 6.22. The third kappa shape index (κ3) is 4.49. The van der Waals surface area contributed by atoms with Crippen LogP contribution in [0, 0.1) is 0 Å². The number of sulfonamides is 1. The lowest BCUT2D eigenvalue weighted by Crippen LogP contribution is -2.31. The van der Waals surface area contributed by atoms with Crippen molar-refractivity contribution in [1.82, 2.24) is 4.31 Å². The van der Waals surface area contributed by atoms with Gasteiger partial charge in [0.2, 0.25) is 10.0 Å². The molecule has 1 aliphatic rings. The predicted molar refractivity (Wildman–Crippen MR) is 84.3 cm³/mol. The molecule has 1 saturated heterocycles.